The maximum Gasteiger partial charge on any atom is 0.125 e. The maximum absolute atomic E-state index is 13.5. The van der Waals surface area contributed by atoms with Crippen molar-refractivity contribution < 1.29 is 4.39 Å². The van der Waals surface area contributed by atoms with Gasteiger partial charge < -0.3 is 4.57 Å². The van der Waals surface area contributed by atoms with Crippen LogP contribution in [0.5, 0.6) is 0 Å². The van der Waals surface area contributed by atoms with Gasteiger partial charge in [-0.1, -0.05) is 6.07 Å². The van der Waals surface area contributed by atoms with Gasteiger partial charge in [-0.15, -0.1) is 22.9 Å². The van der Waals surface area contributed by atoms with E-state index in [1.807, 2.05) is 6.07 Å². The third kappa shape index (κ3) is 2.72. The fourth-order valence-corrected chi connectivity index (χ4v) is 3.21. The van der Waals surface area contributed by atoms with Crippen molar-refractivity contribution in [2.45, 2.75) is 19.4 Å². The van der Waals surface area contributed by atoms with Gasteiger partial charge in [-0.25, -0.2) is 9.37 Å². The van der Waals surface area contributed by atoms with Gasteiger partial charge in [0.05, 0.1) is 11.0 Å². The van der Waals surface area contributed by atoms with E-state index >= 15 is 0 Å². The Labute approximate surface area is 125 Å². The van der Waals surface area contributed by atoms with E-state index in [-0.39, 0.29) is 5.82 Å². The molecule has 2 heterocycles. The molecule has 0 saturated heterocycles. The second-order valence-corrected chi connectivity index (χ2v) is 5.99. The number of hydrogen-bond donors (Lipinski definition) is 0. The lowest BCUT2D eigenvalue weighted by Crippen LogP contribution is -2.06. The highest BCUT2D eigenvalue weighted by Crippen LogP contribution is 2.20. The van der Waals surface area contributed by atoms with Crippen LogP contribution in [-0.4, -0.2) is 15.4 Å². The Hall–Kier alpha value is -1.39. The molecule has 0 aliphatic heterocycles. The van der Waals surface area contributed by atoms with Crippen molar-refractivity contribution in [3.8, 4) is 0 Å². The molecule has 3 rings (SSSR count). The lowest BCUT2D eigenvalue weighted by atomic mass is 10.3. The Bertz CT molecular complexity index is 706. The summed E-state index contributed by atoms with van der Waals surface area (Å²) in [4.78, 5) is 5.88. The molecule has 0 bridgehead atoms. The van der Waals surface area contributed by atoms with Crippen molar-refractivity contribution in [3.05, 3.63) is 52.2 Å². The minimum Gasteiger partial charge on any atom is -0.328 e. The predicted molar refractivity (Wildman–Crippen MR) is 82.1 cm³/mol. The molecule has 0 radical (unpaired) electrons. The summed E-state index contributed by atoms with van der Waals surface area (Å²) in [5, 5.41) is 2.07. The van der Waals surface area contributed by atoms with E-state index in [1.165, 1.54) is 10.9 Å². The molecule has 3 aromatic rings. The van der Waals surface area contributed by atoms with Crippen molar-refractivity contribution in [2.75, 3.05) is 5.88 Å². The first kappa shape index (κ1) is 13.6. The van der Waals surface area contributed by atoms with Crippen molar-refractivity contribution in [3.63, 3.8) is 0 Å². The summed E-state index contributed by atoms with van der Waals surface area (Å²) in [5.74, 6) is 1.22. The highest BCUT2D eigenvalue weighted by atomic mass is 35.5. The number of thiophene rings is 1. The Balaban J connectivity index is 1.96. The van der Waals surface area contributed by atoms with Gasteiger partial charge in [-0.2, -0.15) is 0 Å². The first-order chi connectivity index (χ1) is 9.78. The number of imidazole rings is 1. The first-order valence-corrected chi connectivity index (χ1v) is 7.92. The van der Waals surface area contributed by atoms with Gasteiger partial charge in [-0.3, -0.25) is 0 Å². The summed E-state index contributed by atoms with van der Waals surface area (Å²) in [7, 11) is 0. The van der Waals surface area contributed by atoms with Gasteiger partial charge in [0.2, 0.25) is 0 Å². The molecule has 0 amide bonds. The normalized spacial score (nSPS) is 11.3. The van der Waals surface area contributed by atoms with Crippen molar-refractivity contribution >= 4 is 34.0 Å². The summed E-state index contributed by atoms with van der Waals surface area (Å²) in [6, 6.07) is 8.89. The van der Waals surface area contributed by atoms with Crippen LogP contribution < -0.4 is 0 Å². The third-order valence-corrected chi connectivity index (χ3v) is 4.39. The number of alkyl halides is 1. The Morgan fingerprint density at radius 3 is 2.90 bits per heavy atom. The molecule has 104 valence electrons. The Morgan fingerprint density at radius 1 is 1.25 bits per heavy atom. The molecular weight excluding hydrogens is 295 g/mol. The van der Waals surface area contributed by atoms with Gasteiger partial charge in [-0.05, 0) is 36.1 Å². The Morgan fingerprint density at radius 2 is 2.15 bits per heavy atom. The average Bonchev–Trinajstić information content (AvgIpc) is 3.04. The molecule has 0 unspecified atom stereocenters. The summed E-state index contributed by atoms with van der Waals surface area (Å²) in [6.07, 6.45) is 1.62. The Kier molecular flexibility index (Phi) is 4.03. The van der Waals surface area contributed by atoms with E-state index in [0.717, 1.165) is 29.8 Å². The standard InChI is InChI=1S/C15H14ClFN2S/c16-7-5-15-18-13-4-3-11(17)10-14(13)19(15)8-6-12-2-1-9-20-12/h1-4,9-10H,5-8H2. The van der Waals surface area contributed by atoms with E-state index in [4.69, 9.17) is 11.6 Å². The molecular formula is C15H14ClFN2S. The molecule has 0 fully saturated rings. The van der Waals surface area contributed by atoms with E-state index in [1.54, 1.807) is 23.5 Å². The summed E-state index contributed by atoms with van der Waals surface area (Å²) in [6.45, 7) is 0.798. The third-order valence-electron chi connectivity index (χ3n) is 3.27. The molecule has 20 heavy (non-hydrogen) atoms. The molecule has 2 nitrogen and oxygen atoms in total. The molecule has 2 aromatic heterocycles. The molecule has 0 aliphatic carbocycles. The smallest absolute Gasteiger partial charge is 0.125 e. The van der Waals surface area contributed by atoms with Crippen LogP contribution >= 0.6 is 22.9 Å². The van der Waals surface area contributed by atoms with E-state index < -0.39 is 0 Å². The van der Waals surface area contributed by atoms with Crippen LogP contribution in [0, 0.1) is 5.82 Å². The lowest BCUT2D eigenvalue weighted by Gasteiger charge is -2.07. The van der Waals surface area contributed by atoms with E-state index in [0.29, 0.717) is 12.3 Å². The van der Waals surface area contributed by atoms with Crippen LogP contribution in [0.25, 0.3) is 11.0 Å². The zero-order valence-corrected chi connectivity index (χ0v) is 12.4. The SMILES string of the molecule is Fc1ccc2nc(CCCl)n(CCc3cccs3)c2c1. The number of fused-ring (bicyclic) bond motifs is 1. The summed E-state index contributed by atoms with van der Waals surface area (Å²) >= 11 is 7.58. The number of aromatic nitrogens is 2. The van der Waals surface area contributed by atoms with Gasteiger partial charge >= 0.3 is 0 Å². The second kappa shape index (κ2) is 5.94. The fraction of sp³-hybridized carbons (Fsp3) is 0.267. The molecule has 0 atom stereocenters. The molecule has 0 N–H and O–H groups in total. The predicted octanol–water partition coefficient (Wildman–Crippen LogP) is 4.26. The maximum atomic E-state index is 13.5. The van der Waals surface area contributed by atoms with E-state index in [2.05, 4.69) is 21.0 Å². The van der Waals surface area contributed by atoms with Crippen LogP contribution in [0.4, 0.5) is 4.39 Å². The average molecular weight is 309 g/mol. The van der Waals surface area contributed by atoms with Crippen LogP contribution in [0.2, 0.25) is 0 Å². The summed E-state index contributed by atoms with van der Waals surface area (Å²) in [5.41, 5.74) is 1.68. The number of halogens is 2. The number of rotatable bonds is 5. The zero-order valence-electron chi connectivity index (χ0n) is 10.9. The monoisotopic (exact) mass is 308 g/mol. The van der Waals surface area contributed by atoms with Crippen molar-refractivity contribution in [1.29, 1.82) is 0 Å². The molecule has 5 heteroatoms. The number of hydrogen-bond acceptors (Lipinski definition) is 2. The van der Waals surface area contributed by atoms with Gasteiger partial charge in [0.15, 0.2) is 0 Å². The molecule has 0 aliphatic rings. The van der Waals surface area contributed by atoms with Crippen LogP contribution in [0.15, 0.2) is 35.7 Å². The molecule has 0 saturated carbocycles. The fourth-order valence-electron chi connectivity index (χ4n) is 2.35. The van der Waals surface area contributed by atoms with Gasteiger partial charge in [0.1, 0.15) is 11.6 Å². The molecule has 0 spiro atoms. The number of nitrogens with zero attached hydrogens (tertiary/aromatic N) is 2. The minimum absolute atomic E-state index is 0.229. The van der Waals surface area contributed by atoms with Crippen LogP contribution in [-0.2, 0) is 19.4 Å². The largest absolute Gasteiger partial charge is 0.328 e. The number of aryl methyl sites for hydroxylation is 3. The summed E-state index contributed by atoms with van der Waals surface area (Å²) < 4.78 is 15.5. The zero-order chi connectivity index (χ0) is 13.9. The highest BCUT2D eigenvalue weighted by Gasteiger charge is 2.11. The van der Waals surface area contributed by atoms with Gasteiger partial charge in [0, 0.05) is 23.7 Å². The second-order valence-electron chi connectivity index (χ2n) is 4.58. The van der Waals surface area contributed by atoms with Crippen molar-refractivity contribution in [2.24, 2.45) is 0 Å². The van der Waals surface area contributed by atoms with Crippen molar-refractivity contribution in [1.82, 2.24) is 9.55 Å². The lowest BCUT2D eigenvalue weighted by molar-refractivity contribution is 0.626. The quantitative estimate of drug-likeness (QED) is 0.644. The van der Waals surface area contributed by atoms with E-state index in [9.17, 15) is 4.39 Å². The van der Waals surface area contributed by atoms with Crippen LogP contribution in [0.1, 0.15) is 10.7 Å². The molecule has 1 aromatic carbocycles. The highest BCUT2D eigenvalue weighted by molar-refractivity contribution is 7.09. The number of benzene rings is 1. The first-order valence-electron chi connectivity index (χ1n) is 6.51. The van der Waals surface area contributed by atoms with Crippen LogP contribution in [0.3, 0.4) is 0 Å². The topological polar surface area (TPSA) is 17.8 Å². The van der Waals surface area contributed by atoms with Gasteiger partial charge in [0.25, 0.3) is 0 Å². The minimum atomic E-state index is -0.229.